The van der Waals surface area contributed by atoms with Crippen molar-refractivity contribution in [2.45, 2.75) is 0 Å². The SMILES string of the molecule is [Br][Zn][Br].[CH2]c1ccc(Cl)cc1. The Morgan fingerprint density at radius 3 is 1.82 bits per heavy atom. The predicted molar refractivity (Wildman–Crippen MR) is 53.8 cm³/mol. The Balaban J connectivity index is 0.000000292. The van der Waals surface area contributed by atoms with Gasteiger partial charge >= 0.3 is 40.5 Å². The van der Waals surface area contributed by atoms with Crippen LogP contribution in [0.2, 0.25) is 5.02 Å². The van der Waals surface area contributed by atoms with Crippen LogP contribution >= 0.6 is 38.8 Å². The Labute approximate surface area is 93.0 Å². The van der Waals surface area contributed by atoms with Crippen molar-refractivity contribution < 1.29 is 13.2 Å². The molecular weight excluding hydrogens is 345 g/mol. The van der Waals surface area contributed by atoms with Crippen LogP contribution < -0.4 is 0 Å². The van der Waals surface area contributed by atoms with E-state index in [9.17, 15) is 0 Å². The fraction of sp³-hybridized carbons (Fsp3) is 0. The minimum atomic E-state index is -0.250. The van der Waals surface area contributed by atoms with E-state index in [0.29, 0.717) is 0 Å². The van der Waals surface area contributed by atoms with E-state index in [2.05, 4.69) is 34.2 Å². The standard InChI is InChI=1S/C7H6Cl.2BrH.Zn/c1-6-2-4-7(8)5-3-6;;;/h2-5H,1H2;2*1H;/q;;;+2/p-2. The minimum absolute atomic E-state index is 0.250. The van der Waals surface area contributed by atoms with Gasteiger partial charge < -0.3 is 0 Å². The van der Waals surface area contributed by atoms with Crippen LogP contribution in [0.1, 0.15) is 5.56 Å². The molecule has 0 aliphatic heterocycles. The van der Waals surface area contributed by atoms with Gasteiger partial charge in [0.05, 0.1) is 0 Å². The Kier molecular flexibility index (Phi) is 8.50. The third-order valence-electron chi connectivity index (χ3n) is 0.913. The van der Waals surface area contributed by atoms with Crippen molar-refractivity contribution in [1.82, 2.24) is 0 Å². The van der Waals surface area contributed by atoms with E-state index in [1.807, 2.05) is 24.3 Å². The zero-order valence-electron chi connectivity index (χ0n) is 5.86. The second-order valence-corrected chi connectivity index (χ2v) is 16.2. The van der Waals surface area contributed by atoms with Gasteiger partial charge in [0, 0.05) is 5.02 Å². The molecule has 1 radical (unpaired) electrons. The normalized spacial score (nSPS) is 7.64. The molecule has 0 unspecified atom stereocenters. The van der Waals surface area contributed by atoms with E-state index in [1.54, 1.807) is 0 Å². The molecule has 0 aliphatic carbocycles. The third-order valence-corrected chi connectivity index (χ3v) is 1.17. The van der Waals surface area contributed by atoms with Crippen molar-refractivity contribution in [2.75, 3.05) is 0 Å². The number of rotatable bonds is 0. The number of halogens is 3. The van der Waals surface area contributed by atoms with Gasteiger partial charge in [0.2, 0.25) is 0 Å². The van der Waals surface area contributed by atoms with Gasteiger partial charge in [-0.05, 0) is 24.6 Å². The van der Waals surface area contributed by atoms with Crippen molar-refractivity contribution in [1.29, 1.82) is 0 Å². The molecular formula is C7H6Br2ClZn. The summed E-state index contributed by atoms with van der Waals surface area (Å²) in [7, 11) is 0. The molecule has 0 N–H and O–H groups in total. The van der Waals surface area contributed by atoms with Crippen LogP contribution in [0, 0.1) is 6.92 Å². The first-order valence-electron chi connectivity index (χ1n) is 2.90. The molecule has 0 aliphatic rings. The zero-order valence-corrected chi connectivity index (χ0v) is 12.8. The molecule has 0 nitrogen and oxygen atoms in total. The summed E-state index contributed by atoms with van der Waals surface area (Å²) in [4.78, 5) is 0. The van der Waals surface area contributed by atoms with Crippen LogP contribution in [0.25, 0.3) is 0 Å². The second-order valence-electron chi connectivity index (χ2n) is 1.73. The maximum Gasteiger partial charge on any atom is 0.0406 e. The van der Waals surface area contributed by atoms with Crippen molar-refractivity contribution in [2.24, 2.45) is 0 Å². The molecule has 0 amide bonds. The Hall–Kier alpha value is 1.09. The summed E-state index contributed by atoms with van der Waals surface area (Å²) in [6, 6.07) is 7.40. The van der Waals surface area contributed by atoms with Gasteiger partial charge in [-0.2, -0.15) is 0 Å². The Morgan fingerprint density at radius 2 is 1.55 bits per heavy atom. The maximum absolute atomic E-state index is 5.58. The molecule has 1 aromatic rings. The molecule has 57 valence electrons. The summed E-state index contributed by atoms with van der Waals surface area (Å²) in [5.74, 6) is 0. The van der Waals surface area contributed by atoms with Crippen LogP contribution in [-0.4, -0.2) is 0 Å². The molecule has 0 saturated carbocycles. The smallest absolute Gasteiger partial charge is 0.0406 e. The largest absolute Gasteiger partial charge is 0.0843 e. The van der Waals surface area contributed by atoms with Gasteiger partial charge in [-0.3, -0.25) is 0 Å². The van der Waals surface area contributed by atoms with E-state index in [1.165, 1.54) is 0 Å². The second kappa shape index (κ2) is 7.73. The van der Waals surface area contributed by atoms with Crippen molar-refractivity contribution >= 4 is 38.8 Å². The average molecular weight is 351 g/mol. The molecule has 0 aromatic heterocycles. The molecule has 0 fully saturated rings. The van der Waals surface area contributed by atoms with Gasteiger partial charge in [0.15, 0.2) is 0 Å². The van der Waals surface area contributed by atoms with Crippen LogP contribution in [0.3, 0.4) is 0 Å². The molecule has 0 atom stereocenters. The molecule has 0 saturated heterocycles. The number of hydrogen-bond acceptors (Lipinski definition) is 0. The van der Waals surface area contributed by atoms with E-state index in [0.717, 1.165) is 10.6 Å². The fourth-order valence-corrected chi connectivity index (χ4v) is 0.610. The van der Waals surface area contributed by atoms with Crippen LogP contribution in [0.5, 0.6) is 0 Å². The Morgan fingerprint density at radius 1 is 1.18 bits per heavy atom. The summed E-state index contributed by atoms with van der Waals surface area (Å²) in [6.45, 7) is 3.70. The molecule has 11 heavy (non-hydrogen) atoms. The third kappa shape index (κ3) is 7.45. The van der Waals surface area contributed by atoms with E-state index in [-0.39, 0.29) is 13.2 Å². The summed E-state index contributed by atoms with van der Waals surface area (Å²) >= 11 is 11.8. The fourth-order valence-electron chi connectivity index (χ4n) is 0.484. The molecule has 0 spiro atoms. The van der Waals surface area contributed by atoms with E-state index in [4.69, 9.17) is 11.6 Å². The molecule has 4 heteroatoms. The quantitative estimate of drug-likeness (QED) is 0.615. The Bertz CT molecular complexity index is 167. The van der Waals surface area contributed by atoms with Gasteiger partial charge in [0.25, 0.3) is 0 Å². The average Bonchev–Trinajstić information content (AvgIpc) is 1.97. The number of hydrogen-bond donors (Lipinski definition) is 0. The summed E-state index contributed by atoms with van der Waals surface area (Å²) in [5.41, 5.74) is 0.995. The minimum Gasteiger partial charge on any atom is -0.0843 e. The molecule has 1 rings (SSSR count). The van der Waals surface area contributed by atoms with E-state index < -0.39 is 0 Å². The number of benzene rings is 1. The summed E-state index contributed by atoms with van der Waals surface area (Å²) in [6.07, 6.45) is 0. The van der Waals surface area contributed by atoms with Crippen molar-refractivity contribution in [3.05, 3.63) is 41.8 Å². The maximum atomic E-state index is 5.58. The van der Waals surface area contributed by atoms with Crippen LogP contribution in [0.15, 0.2) is 24.3 Å². The van der Waals surface area contributed by atoms with Crippen LogP contribution in [-0.2, 0) is 13.2 Å². The van der Waals surface area contributed by atoms with Gasteiger partial charge in [-0.1, -0.05) is 23.7 Å². The first-order valence-corrected chi connectivity index (χ1v) is 17.2. The monoisotopic (exact) mass is 347 g/mol. The molecule has 0 bridgehead atoms. The molecule has 0 heterocycles. The summed E-state index contributed by atoms with van der Waals surface area (Å²) < 4.78 is 0. The zero-order chi connectivity index (χ0) is 8.69. The summed E-state index contributed by atoms with van der Waals surface area (Å²) in [5, 5.41) is 0.761. The first kappa shape index (κ1) is 12.1. The molecule has 1 aromatic carbocycles. The van der Waals surface area contributed by atoms with Gasteiger partial charge in [0.1, 0.15) is 0 Å². The predicted octanol–water partition coefficient (Wildman–Crippen LogP) is 4.21. The first-order chi connectivity index (χ1) is 5.20. The topological polar surface area (TPSA) is 0 Å². The van der Waals surface area contributed by atoms with Crippen molar-refractivity contribution in [3.63, 3.8) is 0 Å². The van der Waals surface area contributed by atoms with E-state index >= 15 is 0 Å². The van der Waals surface area contributed by atoms with Gasteiger partial charge in [-0.25, -0.2) is 0 Å². The van der Waals surface area contributed by atoms with Crippen LogP contribution in [0.4, 0.5) is 0 Å². The van der Waals surface area contributed by atoms with Crippen molar-refractivity contribution in [3.8, 4) is 0 Å². The van der Waals surface area contributed by atoms with Gasteiger partial charge in [-0.15, -0.1) is 0 Å².